The Morgan fingerprint density at radius 2 is 1.35 bits per heavy atom. The molecule has 308 valence electrons. The van der Waals surface area contributed by atoms with E-state index in [1.807, 2.05) is 0 Å². The molecule has 1 aliphatic heterocycles. The quantitative estimate of drug-likeness (QED) is 0.0186. The molecule has 0 aromatic heterocycles. The van der Waals surface area contributed by atoms with Crippen LogP contribution in [0.1, 0.15) is 32.1 Å². The maximum atomic E-state index is 13.2. The number of carboxylic acid groups (broad SMARTS) is 1. The molecule has 9 amide bonds. The number of amides is 9. The molecule has 0 unspecified atom stereocenters. The molecule has 1 aliphatic rings. The molecule has 0 aromatic carbocycles. The van der Waals surface area contributed by atoms with Crippen molar-refractivity contribution in [2.24, 2.45) is 27.9 Å². The highest BCUT2D eigenvalue weighted by Gasteiger charge is 2.38. The number of nitrogens with two attached hydrogens (primary N) is 4. The van der Waals surface area contributed by atoms with Crippen LogP contribution in [0.25, 0.3) is 0 Å². The maximum absolute atomic E-state index is 13.2. The number of nitrogens with zero attached hydrogens (tertiary/aromatic N) is 2. The van der Waals surface area contributed by atoms with E-state index >= 15 is 0 Å². The van der Waals surface area contributed by atoms with E-state index in [0.717, 1.165) is 4.90 Å². The summed E-state index contributed by atoms with van der Waals surface area (Å²) in [6.45, 7) is -3.21. The number of hydrogen-bond donors (Lipinski definition) is 14. The number of aliphatic imine (C=N–C) groups is 1. The van der Waals surface area contributed by atoms with Gasteiger partial charge in [0.25, 0.3) is 0 Å². The van der Waals surface area contributed by atoms with Crippen molar-refractivity contribution in [3.05, 3.63) is 0 Å². The molecular weight excluding hydrogens is 754 g/mol. The molecule has 5 atom stereocenters. The predicted octanol–water partition coefficient (Wildman–Crippen LogP) is -8.84. The van der Waals surface area contributed by atoms with Crippen LogP contribution in [-0.4, -0.2) is 162 Å². The fourth-order valence-electron chi connectivity index (χ4n) is 4.93. The Balaban J connectivity index is 2.93. The summed E-state index contributed by atoms with van der Waals surface area (Å²) >= 11 is 3.98. The summed E-state index contributed by atoms with van der Waals surface area (Å²) in [5.74, 6) is -9.73. The highest BCUT2D eigenvalue weighted by atomic mass is 32.1. The number of aliphatic hydroxyl groups is 1. The zero-order valence-corrected chi connectivity index (χ0v) is 30.6. The first-order valence-corrected chi connectivity index (χ1v) is 17.4. The van der Waals surface area contributed by atoms with Crippen LogP contribution in [0.15, 0.2) is 4.99 Å². The molecule has 26 heteroatoms. The van der Waals surface area contributed by atoms with Crippen molar-refractivity contribution >= 4 is 77.7 Å². The number of primary amides is 1. The van der Waals surface area contributed by atoms with Crippen LogP contribution in [0.5, 0.6) is 0 Å². The lowest BCUT2D eigenvalue weighted by Crippen LogP contribution is -2.58. The van der Waals surface area contributed by atoms with Gasteiger partial charge in [-0.2, -0.15) is 12.6 Å². The molecule has 25 nitrogen and oxygen atoms in total. The smallest absolute Gasteiger partial charge is 0.305 e. The fraction of sp³-hybridized carbons (Fsp3) is 0.621. The van der Waals surface area contributed by atoms with Gasteiger partial charge in [-0.25, -0.2) is 0 Å². The van der Waals surface area contributed by atoms with E-state index in [9.17, 15) is 58.2 Å². The van der Waals surface area contributed by atoms with Gasteiger partial charge in [-0.05, 0) is 25.7 Å². The van der Waals surface area contributed by atoms with Crippen molar-refractivity contribution in [1.29, 1.82) is 0 Å². The van der Waals surface area contributed by atoms with Crippen molar-refractivity contribution < 1.29 is 58.2 Å². The highest BCUT2D eigenvalue weighted by Crippen LogP contribution is 2.18. The first-order valence-electron chi connectivity index (χ1n) is 16.7. The molecule has 0 radical (unpaired) electrons. The number of carbonyl (C=O) groups is 10. The first-order chi connectivity index (χ1) is 25.9. The van der Waals surface area contributed by atoms with Gasteiger partial charge >= 0.3 is 5.97 Å². The normalized spacial score (nSPS) is 15.5. The van der Waals surface area contributed by atoms with E-state index in [1.54, 1.807) is 0 Å². The van der Waals surface area contributed by atoms with Gasteiger partial charge < -0.3 is 75.3 Å². The summed E-state index contributed by atoms with van der Waals surface area (Å²) in [4.78, 5) is 129. The summed E-state index contributed by atoms with van der Waals surface area (Å²) in [6.07, 6.45) is -0.319. The number of carbonyl (C=O) groups excluding carboxylic acids is 9. The number of aliphatic hydroxyl groups excluding tert-OH is 1. The topological polar surface area (TPSA) is 415 Å². The molecule has 1 saturated heterocycles. The third-order valence-electron chi connectivity index (χ3n) is 7.57. The molecule has 0 bridgehead atoms. The van der Waals surface area contributed by atoms with E-state index in [1.165, 1.54) is 0 Å². The fourth-order valence-corrected chi connectivity index (χ4v) is 5.19. The van der Waals surface area contributed by atoms with E-state index in [0.29, 0.717) is 6.42 Å². The highest BCUT2D eigenvalue weighted by molar-refractivity contribution is 7.80. The Morgan fingerprint density at radius 3 is 1.87 bits per heavy atom. The Hall–Kier alpha value is -5.76. The number of nitrogens with one attached hydrogen (secondary N) is 7. The van der Waals surface area contributed by atoms with E-state index in [2.05, 4.69) is 54.8 Å². The van der Waals surface area contributed by atoms with Crippen molar-refractivity contribution in [3.8, 4) is 0 Å². The van der Waals surface area contributed by atoms with Gasteiger partial charge in [0.15, 0.2) is 5.96 Å². The number of aliphatic carboxylic acids is 1. The zero-order valence-electron chi connectivity index (χ0n) is 29.7. The van der Waals surface area contributed by atoms with E-state index in [4.69, 9.17) is 22.9 Å². The standard InChI is InChI=1S/C29H49N13O12S/c30-8-20(45)40-17(13-55)25(51)37-10-21(46)38-14(3-1-5-34-29(32)33)24(50)36-11-22(47)39-15(7-23(48)49)26(52)41-16(12-43)28(54)42-6-2-4-18(42)27(53)35-9-19(31)44/h14-18,43,55H,1-13,30H2,(H2,31,44)(H,35,53)(H,36,50)(H,37,51)(H,38,46)(H,39,47)(H,40,45)(H,41,52)(H,48,49)(H4,32,33,34)/t14-,15-,16-,17-,18-/m0/s1. The largest absolute Gasteiger partial charge is 0.481 e. The first kappa shape index (κ1) is 47.3. The minimum Gasteiger partial charge on any atom is -0.481 e. The summed E-state index contributed by atoms with van der Waals surface area (Å²) in [5.41, 5.74) is 20.9. The lowest BCUT2D eigenvalue weighted by atomic mass is 10.1. The molecule has 0 saturated carbocycles. The number of hydrogen-bond acceptors (Lipinski definition) is 14. The van der Waals surface area contributed by atoms with Gasteiger partial charge in [-0.15, -0.1) is 0 Å². The number of likely N-dealkylation sites (tertiary alicyclic amines) is 1. The molecule has 1 heterocycles. The zero-order chi connectivity index (χ0) is 41.7. The third kappa shape index (κ3) is 17.7. The van der Waals surface area contributed by atoms with Crippen molar-refractivity contribution in [2.75, 3.05) is 51.6 Å². The SMILES string of the molecule is NCC(=O)N[C@@H](CS)C(=O)NCC(=O)N[C@@H](CCCN=C(N)N)C(=O)NCC(=O)N[C@@H](CC(=O)O)C(=O)N[C@@H](CO)C(=O)N1CCC[C@H]1C(=O)NCC(N)=O. The summed E-state index contributed by atoms with van der Waals surface area (Å²) < 4.78 is 0. The molecule has 0 aromatic rings. The second kappa shape index (κ2) is 24.5. The molecule has 55 heavy (non-hydrogen) atoms. The molecule has 1 fully saturated rings. The second-order valence-electron chi connectivity index (χ2n) is 11.8. The molecule has 0 spiro atoms. The lowest BCUT2D eigenvalue weighted by Gasteiger charge is -2.28. The minimum absolute atomic E-state index is 0.0495. The average Bonchev–Trinajstić information content (AvgIpc) is 3.63. The van der Waals surface area contributed by atoms with Crippen LogP contribution in [0.2, 0.25) is 0 Å². The number of carboxylic acids is 1. The minimum atomic E-state index is -1.81. The Bertz CT molecular complexity index is 1460. The van der Waals surface area contributed by atoms with Crippen LogP contribution in [0, 0.1) is 0 Å². The third-order valence-corrected chi connectivity index (χ3v) is 7.93. The number of thiol groups is 1. The van der Waals surface area contributed by atoms with Gasteiger partial charge in [-0.1, -0.05) is 0 Å². The van der Waals surface area contributed by atoms with Gasteiger partial charge in [0, 0.05) is 18.8 Å². The monoisotopic (exact) mass is 803 g/mol. The molecule has 17 N–H and O–H groups in total. The average molecular weight is 804 g/mol. The summed E-state index contributed by atoms with van der Waals surface area (Å²) in [7, 11) is 0. The van der Waals surface area contributed by atoms with E-state index < -0.39 is 129 Å². The Kier molecular flexibility index (Phi) is 21.1. The lowest BCUT2D eigenvalue weighted by molar-refractivity contribution is -0.144. The predicted molar refractivity (Wildman–Crippen MR) is 193 cm³/mol. The summed E-state index contributed by atoms with van der Waals surface area (Å²) in [6, 6.07) is -6.95. The number of guanidine groups is 1. The van der Waals surface area contributed by atoms with Crippen molar-refractivity contribution in [2.45, 2.75) is 62.3 Å². The molecule has 1 rings (SSSR count). The second-order valence-corrected chi connectivity index (χ2v) is 12.2. The molecule has 0 aliphatic carbocycles. The van der Waals surface area contributed by atoms with Gasteiger partial charge in [0.1, 0.15) is 30.2 Å². The van der Waals surface area contributed by atoms with E-state index in [-0.39, 0.29) is 44.1 Å². The maximum Gasteiger partial charge on any atom is 0.305 e. The van der Waals surface area contributed by atoms with Crippen LogP contribution in [-0.2, 0) is 47.9 Å². The Morgan fingerprint density at radius 1 is 0.764 bits per heavy atom. The van der Waals surface area contributed by atoms with Crippen molar-refractivity contribution in [3.63, 3.8) is 0 Å². The van der Waals surface area contributed by atoms with Crippen LogP contribution in [0.4, 0.5) is 0 Å². The van der Waals surface area contributed by atoms with Gasteiger partial charge in [0.05, 0.1) is 39.2 Å². The van der Waals surface area contributed by atoms with Crippen LogP contribution < -0.4 is 60.2 Å². The summed E-state index contributed by atoms with van der Waals surface area (Å²) in [5, 5.41) is 35.0. The van der Waals surface area contributed by atoms with Gasteiger partial charge in [0.2, 0.25) is 53.2 Å². The van der Waals surface area contributed by atoms with Crippen LogP contribution >= 0.6 is 12.6 Å². The number of rotatable bonds is 24. The van der Waals surface area contributed by atoms with Crippen molar-refractivity contribution in [1.82, 2.24) is 42.1 Å². The molecular formula is C29H49N13O12S. The van der Waals surface area contributed by atoms with Crippen LogP contribution in [0.3, 0.4) is 0 Å². The van der Waals surface area contributed by atoms with Gasteiger partial charge in [-0.3, -0.25) is 52.9 Å². The Labute approximate surface area is 319 Å².